The summed E-state index contributed by atoms with van der Waals surface area (Å²) in [5.41, 5.74) is 4.03. The van der Waals surface area contributed by atoms with E-state index in [1.165, 1.54) is 6.07 Å². The smallest absolute Gasteiger partial charge is 0.320 e. The SMILES string of the molecule is O=C(NCCCCc1ccccc1F)Nc1ccc2ncc(-c3cnn(CCCN4CCOCC4)c3)cc2n1. The first-order valence-electron chi connectivity index (χ1n) is 13.5. The summed E-state index contributed by atoms with van der Waals surface area (Å²) < 4.78 is 21.1. The van der Waals surface area contributed by atoms with Gasteiger partial charge in [0.2, 0.25) is 0 Å². The summed E-state index contributed by atoms with van der Waals surface area (Å²) in [6.07, 6.45) is 8.91. The van der Waals surface area contributed by atoms with Gasteiger partial charge in [-0.25, -0.2) is 14.2 Å². The van der Waals surface area contributed by atoms with Crippen molar-refractivity contribution in [1.29, 1.82) is 0 Å². The van der Waals surface area contributed by atoms with Crippen LogP contribution >= 0.6 is 0 Å². The van der Waals surface area contributed by atoms with Crippen molar-refractivity contribution in [3.05, 3.63) is 72.4 Å². The highest BCUT2D eigenvalue weighted by Crippen LogP contribution is 2.22. The second kappa shape index (κ2) is 13.3. The number of carbonyl (C=O) groups is 1. The monoisotopic (exact) mass is 531 g/mol. The number of hydrogen-bond acceptors (Lipinski definition) is 6. The Bertz CT molecular complexity index is 1390. The minimum Gasteiger partial charge on any atom is -0.379 e. The molecule has 10 heteroatoms. The number of ether oxygens (including phenoxy) is 1. The molecule has 1 saturated heterocycles. The molecule has 1 aliphatic rings. The molecule has 1 aromatic carbocycles. The van der Waals surface area contributed by atoms with Crippen molar-refractivity contribution in [1.82, 2.24) is 30.0 Å². The Balaban J connectivity index is 1.10. The van der Waals surface area contributed by atoms with Gasteiger partial charge in [0.25, 0.3) is 0 Å². The lowest BCUT2D eigenvalue weighted by atomic mass is 10.1. The first kappa shape index (κ1) is 26.7. The number of carbonyl (C=O) groups excluding carboxylic acids is 1. The molecule has 5 rings (SSSR count). The van der Waals surface area contributed by atoms with E-state index in [9.17, 15) is 9.18 Å². The Morgan fingerprint density at radius 3 is 2.72 bits per heavy atom. The summed E-state index contributed by atoms with van der Waals surface area (Å²) in [5, 5.41) is 10.1. The quantitative estimate of drug-likeness (QED) is 0.277. The second-order valence-corrected chi connectivity index (χ2v) is 9.69. The number of amides is 2. The summed E-state index contributed by atoms with van der Waals surface area (Å²) in [4.78, 5) is 23.9. The number of halogens is 1. The maximum absolute atomic E-state index is 13.7. The van der Waals surface area contributed by atoms with Gasteiger partial charge in [0.1, 0.15) is 11.6 Å². The molecule has 0 unspecified atom stereocenters. The van der Waals surface area contributed by atoms with Crippen molar-refractivity contribution in [2.45, 2.75) is 32.2 Å². The number of nitrogens with one attached hydrogen (secondary N) is 2. The topological polar surface area (TPSA) is 97.2 Å². The fraction of sp³-hybridized carbons (Fsp3) is 0.379. The van der Waals surface area contributed by atoms with Crippen LogP contribution in [-0.2, 0) is 17.7 Å². The standard InChI is InChI=1S/C29H34FN7O2/c30-25-8-2-1-6-22(25)7-3-4-11-31-29(38)35-28-10-9-26-27(34-28)18-23(19-32-26)24-20-33-37(21-24)13-5-12-36-14-16-39-17-15-36/h1-2,6,8-10,18-21H,3-5,7,11-17H2,(H2,31,34,35,38). The average molecular weight is 532 g/mol. The molecule has 0 atom stereocenters. The van der Waals surface area contributed by atoms with Gasteiger partial charge in [-0.15, -0.1) is 0 Å². The predicted octanol–water partition coefficient (Wildman–Crippen LogP) is 4.50. The third-order valence-electron chi connectivity index (χ3n) is 6.83. The number of anilines is 1. The highest BCUT2D eigenvalue weighted by atomic mass is 19.1. The van der Waals surface area contributed by atoms with Crippen LogP contribution in [0, 0.1) is 5.82 Å². The lowest BCUT2D eigenvalue weighted by Crippen LogP contribution is -2.37. The van der Waals surface area contributed by atoms with Gasteiger partial charge in [0.15, 0.2) is 0 Å². The largest absolute Gasteiger partial charge is 0.379 e. The van der Waals surface area contributed by atoms with Gasteiger partial charge in [-0.3, -0.25) is 19.9 Å². The molecule has 0 aliphatic carbocycles. The van der Waals surface area contributed by atoms with Crippen LogP contribution in [-0.4, -0.2) is 70.1 Å². The lowest BCUT2D eigenvalue weighted by Gasteiger charge is -2.26. The van der Waals surface area contributed by atoms with E-state index >= 15 is 0 Å². The van der Waals surface area contributed by atoms with E-state index in [1.54, 1.807) is 18.2 Å². The third kappa shape index (κ3) is 7.58. The zero-order valence-electron chi connectivity index (χ0n) is 22.0. The highest BCUT2D eigenvalue weighted by Gasteiger charge is 2.11. The van der Waals surface area contributed by atoms with E-state index in [-0.39, 0.29) is 11.8 Å². The van der Waals surface area contributed by atoms with E-state index in [4.69, 9.17) is 4.74 Å². The van der Waals surface area contributed by atoms with Crippen LogP contribution in [0.3, 0.4) is 0 Å². The molecule has 39 heavy (non-hydrogen) atoms. The molecule has 2 amide bonds. The number of urea groups is 1. The molecule has 4 aromatic rings. The van der Waals surface area contributed by atoms with Crippen molar-refractivity contribution >= 4 is 22.9 Å². The maximum Gasteiger partial charge on any atom is 0.320 e. The fourth-order valence-electron chi connectivity index (χ4n) is 4.65. The van der Waals surface area contributed by atoms with Gasteiger partial charge >= 0.3 is 6.03 Å². The van der Waals surface area contributed by atoms with Crippen LogP contribution in [0.15, 0.2) is 61.1 Å². The Kier molecular flexibility index (Phi) is 9.08. The van der Waals surface area contributed by atoms with Crippen molar-refractivity contribution < 1.29 is 13.9 Å². The number of pyridine rings is 2. The number of rotatable bonds is 11. The summed E-state index contributed by atoms with van der Waals surface area (Å²) in [6, 6.07) is 12.0. The Morgan fingerprint density at radius 2 is 1.85 bits per heavy atom. The summed E-state index contributed by atoms with van der Waals surface area (Å²) >= 11 is 0. The van der Waals surface area contributed by atoms with Gasteiger partial charge < -0.3 is 10.1 Å². The van der Waals surface area contributed by atoms with Crippen LogP contribution in [0.4, 0.5) is 15.0 Å². The number of fused-ring (bicyclic) bond motifs is 1. The van der Waals surface area contributed by atoms with E-state index in [1.807, 2.05) is 41.5 Å². The maximum atomic E-state index is 13.7. The Labute approximate surface area is 227 Å². The molecule has 3 aromatic heterocycles. The number of aromatic nitrogens is 4. The van der Waals surface area contributed by atoms with Gasteiger partial charge in [-0.1, -0.05) is 18.2 Å². The summed E-state index contributed by atoms with van der Waals surface area (Å²) in [5.74, 6) is 0.264. The zero-order valence-corrected chi connectivity index (χ0v) is 22.0. The molecule has 0 spiro atoms. The predicted molar refractivity (Wildman–Crippen MR) is 149 cm³/mol. The average Bonchev–Trinajstić information content (AvgIpc) is 3.43. The third-order valence-corrected chi connectivity index (χ3v) is 6.83. The van der Waals surface area contributed by atoms with Gasteiger partial charge in [-0.05, 0) is 55.5 Å². The van der Waals surface area contributed by atoms with Crippen LogP contribution < -0.4 is 10.6 Å². The van der Waals surface area contributed by atoms with E-state index < -0.39 is 0 Å². The van der Waals surface area contributed by atoms with Crippen LogP contribution in [0.25, 0.3) is 22.2 Å². The molecule has 204 valence electrons. The minimum absolute atomic E-state index is 0.184. The molecule has 0 bridgehead atoms. The van der Waals surface area contributed by atoms with Crippen molar-refractivity contribution in [3.63, 3.8) is 0 Å². The molecular formula is C29H34FN7O2. The molecule has 4 heterocycles. The normalized spacial score (nSPS) is 14.0. The molecule has 0 saturated carbocycles. The zero-order chi connectivity index (χ0) is 26.9. The number of aryl methyl sites for hydroxylation is 2. The van der Waals surface area contributed by atoms with Crippen molar-refractivity contribution in [3.8, 4) is 11.1 Å². The van der Waals surface area contributed by atoms with Crippen LogP contribution in [0.2, 0.25) is 0 Å². The number of nitrogens with zero attached hydrogens (tertiary/aromatic N) is 5. The fourth-order valence-corrected chi connectivity index (χ4v) is 4.65. The number of morpholine rings is 1. The molecule has 2 N–H and O–H groups in total. The van der Waals surface area contributed by atoms with Crippen molar-refractivity contribution in [2.75, 3.05) is 44.7 Å². The van der Waals surface area contributed by atoms with Gasteiger partial charge in [0.05, 0.1) is 30.4 Å². The van der Waals surface area contributed by atoms with Gasteiger partial charge in [0, 0.05) is 56.2 Å². The highest BCUT2D eigenvalue weighted by molar-refractivity contribution is 5.90. The molecule has 1 aliphatic heterocycles. The first-order valence-corrected chi connectivity index (χ1v) is 13.5. The van der Waals surface area contributed by atoms with Gasteiger partial charge in [-0.2, -0.15) is 5.10 Å². The van der Waals surface area contributed by atoms with E-state index in [0.29, 0.717) is 29.9 Å². The minimum atomic E-state index is -0.324. The lowest BCUT2D eigenvalue weighted by molar-refractivity contribution is 0.0368. The number of hydrogen-bond donors (Lipinski definition) is 2. The Hall–Kier alpha value is -3.89. The Morgan fingerprint density at radius 1 is 0.974 bits per heavy atom. The number of benzene rings is 1. The summed E-state index contributed by atoms with van der Waals surface area (Å²) in [7, 11) is 0. The van der Waals surface area contributed by atoms with E-state index in [0.717, 1.165) is 75.3 Å². The van der Waals surface area contributed by atoms with Crippen molar-refractivity contribution in [2.24, 2.45) is 0 Å². The van der Waals surface area contributed by atoms with E-state index in [2.05, 4.69) is 30.6 Å². The number of unbranched alkanes of at least 4 members (excludes halogenated alkanes) is 1. The summed E-state index contributed by atoms with van der Waals surface area (Å²) in [6.45, 7) is 6.01. The molecule has 0 radical (unpaired) electrons. The molecule has 9 nitrogen and oxygen atoms in total. The first-order chi connectivity index (χ1) is 19.1. The van der Waals surface area contributed by atoms with Crippen LogP contribution in [0.5, 0.6) is 0 Å². The van der Waals surface area contributed by atoms with Crippen LogP contribution in [0.1, 0.15) is 24.8 Å². The molecular weight excluding hydrogens is 497 g/mol. The second-order valence-electron chi connectivity index (χ2n) is 9.69. The molecule has 1 fully saturated rings.